The summed E-state index contributed by atoms with van der Waals surface area (Å²) in [6.07, 6.45) is 0. The van der Waals surface area contributed by atoms with Gasteiger partial charge in [0.25, 0.3) is 0 Å². The third-order valence-electron chi connectivity index (χ3n) is 3.59. The number of rotatable bonds is 5. The Morgan fingerprint density at radius 2 is 1.93 bits per heavy atom. The molecule has 1 atom stereocenters. The molecule has 0 spiro atoms. The lowest BCUT2D eigenvalue weighted by atomic mass is 9.93. The first-order chi connectivity index (χ1) is 12.9. The minimum absolute atomic E-state index is 0.00382. The van der Waals surface area contributed by atoms with Crippen LogP contribution in [0.2, 0.25) is 5.02 Å². The van der Waals surface area contributed by atoms with E-state index in [0.29, 0.717) is 10.6 Å². The van der Waals surface area contributed by atoms with Gasteiger partial charge in [0.05, 0.1) is 17.9 Å². The fraction of sp³-hybridized carbons (Fsp3) is 0.222. The average molecular weight is 401 g/mol. The van der Waals surface area contributed by atoms with Crippen molar-refractivity contribution in [2.45, 2.75) is 11.9 Å². The van der Waals surface area contributed by atoms with Crippen molar-refractivity contribution in [2.75, 3.05) is 12.4 Å². The maximum Gasteiger partial charge on any atom is 0.316 e. The lowest BCUT2D eigenvalue weighted by molar-refractivity contribution is -0.139. The number of halogens is 1. The molecule has 2 rings (SSSR count). The van der Waals surface area contributed by atoms with E-state index in [9.17, 15) is 20.6 Å². The quantitative estimate of drug-likeness (QED) is 0.589. The van der Waals surface area contributed by atoms with E-state index in [1.165, 1.54) is 0 Å². The fourth-order valence-corrected chi connectivity index (χ4v) is 3.83. The molecule has 0 saturated heterocycles. The van der Waals surface area contributed by atoms with Crippen molar-refractivity contribution < 1.29 is 14.3 Å². The van der Waals surface area contributed by atoms with Crippen LogP contribution in [0, 0.1) is 34.0 Å². The van der Waals surface area contributed by atoms with E-state index in [4.69, 9.17) is 26.8 Å². The molecule has 1 aromatic rings. The molecule has 1 unspecified atom stereocenters. The summed E-state index contributed by atoms with van der Waals surface area (Å²) in [4.78, 5) is 10.4. The molecule has 1 heterocycles. The van der Waals surface area contributed by atoms with Crippen LogP contribution in [0.15, 0.2) is 46.9 Å². The number of nitrogens with two attached hydrogens (primary N) is 1. The van der Waals surface area contributed by atoms with Gasteiger partial charge in [0.2, 0.25) is 10.8 Å². The van der Waals surface area contributed by atoms with Crippen LogP contribution < -0.4 is 5.73 Å². The first-order valence-corrected chi connectivity index (χ1v) is 8.99. The highest BCUT2D eigenvalue weighted by Gasteiger charge is 2.50. The molecular weight excluding hydrogens is 388 g/mol. The Morgan fingerprint density at radius 3 is 2.44 bits per heavy atom. The first-order valence-electron chi connectivity index (χ1n) is 7.63. The number of nitrogens with zero attached hydrogens (tertiary/aromatic N) is 3. The van der Waals surface area contributed by atoms with Crippen molar-refractivity contribution >= 4 is 29.3 Å². The van der Waals surface area contributed by atoms with Crippen molar-refractivity contribution in [3.8, 4) is 18.2 Å². The first kappa shape index (κ1) is 20.2. The highest BCUT2D eigenvalue weighted by molar-refractivity contribution is 8.00. The van der Waals surface area contributed by atoms with Gasteiger partial charge >= 0.3 is 5.97 Å². The second-order valence-corrected chi connectivity index (χ2v) is 6.73. The molecule has 0 bridgehead atoms. The molecule has 1 aliphatic heterocycles. The normalized spacial score (nSPS) is 18.1. The average Bonchev–Trinajstić information content (AvgIpc) is 2.94. The topological polar surface area (TPSA) is 133 Å². The van der Waals surface area contributed by atoms with Crippen molar-refractivity contribution in [3.05, 3.63) is 57.5 Å². The van der Waals surface area contributed by atoms with Gasteiger partial charge < -0.3 is 15.2 Å². The van der Waals surface area contributed by atoms with Crippen LogP contribution >= 0.6 is 23.4 Å². The number of benzene rings is 1. The summed E-state index contributed by atoms with van der Waals surface area (Å²) in [5.41, 5.74) is 5.87. The number of esters is 1. The van der Waals surface area contributed by atoms with E-state index in [0.717, 1.165) is 11.8 Å². The molecule has 0 radical (unpaired) electrons. The van der Waals surface area contributed by atoms with Crippen LogP contribution in [0.4, 0.5) is 0 Å². The maximum absolute atomic E-state index is 11.9. The second-order valence-electron chi connectivity index (χ2n) is 5.14. The van der Waals surface area contributed by atoms with Gasteiger partial charge in [0.1, 0.15) is 29.4 Å². The number of hydrogen-bond acceptors (Lipinski definition) is 8. The Labute approximate surface area is 165 Å². The predicted octanol–water partition coefficient (Wildman–Crippen LogP) is 2.86. The highest BCUT2D eigenvalue weighted by Crippen LogP contribution is 2.53. The van der Waals surface area contributed by atoms with E-state index in [2.05, 4.69) is 0 Å². The van der Waals surface area contributed by atoms with Crippen LogP contribution in [0.25, 0.3) is 0 Å². The van der Waals surface area contributed by atoms with Crippen molar-refractivity contribution in [3.63, 3.8) is 0 Å². The molecule has 136 valence electrons. The lowest BCUT2D eigenvalue weighted by Gasteiger charge is -2.30. The molecule has 27 heavy (non-hydrogen) atoms. The van der Waals surface area contributed by atoms with Gasteiger partial charge in [0, 0.05) is 10.6 Å². The maximum atomic E-state index is 11.9. The van der Waals surface area contributed by atoms with Gasteiger partial charge in [0.15, 0.2) is 0 Å². The van der Waals surface area contributed by atoms with Crippen LogP contribution in [0.5, 0.6) is 0 Å². The molecule has 0 amide bonds. The molecule has 0 fully saturated rings. The van der Waals surface area contributed by atoms with Gasteiger partial charge in [-0.3, -0.25) is 4.79 Å². The Kier molecular flexibility index (Phi) is 6.36. The standard InChI is InChI=1S/C18H13ClN4O3S/c1-2-25-15(24)10-27-18(12-3-5-13(19)6-4-12)16(11(7-20)8-21)14(9-22)17(23)26-18/h3-6H,2,10,23H2,1H3. The summed E-state index contributed by atoms with van der Waals surface area (Å²) >= 11 is 6.90. The SMILES string of the molecule is CCOC(=O)CSC1(c2ccc(Cl)cc2)OC(N)=C(C#N)C1=C(C#N)C#N. The van der Waals surface area contributed by atoms with E-state index in [1.807, 2.05) is 6.07 Å². The molecule has 0 aromatic heterocycles. The predicted molar refractivity (Wildman–Crippen MR) is 98.4 cm³/mol. The molecule has 0 saturated carbocycles. The van der Waals surface area contributed by atoms with Gasteiger partial charge in [-0.15, -0.1) is 0 Å². The van der Waals surface area contributed by atoms with Crippen molar-refractivity contribution in [1.29, 1.82) is 15.8 Å². The minimum atomic E-state index is -1.53. The molecule has 1 aromatic carbocycles. The number of nitriles is 3. The zero-order valence-corrected chi connectivity index (χ0v) is 15.7. The largest absolute Gasteiger partial charge is 0.465 e. The van der Waals surface area contributed by atoms with Crippen LogP contribution in [0.3, 0.4) is 0 Å². The van der Waals surface area contributed by atoms with Crippen molar-refractivity contribution in [1.82, 2.24) is 0 Å². The summed E-state index contributed by atoms with van der Waals surface area (Å²) in [6, 6.07) is 11.8. The summed E-state index contributed by atoms with van der Waals surface area (Å²) < 4.78 is 10.7. The van der Waals surface area contributed by atoms with E-state index < -0.39 is 10.9 Å². The zero-order valence-electron chi connectivity index (χ0n) is 14.2. The van der Waals surface area contributed by atoms with Gasteiger partial charge in [-0.2, -0.15) is 15.8 Å². The Hall–Kier alpha value is -3.12. The number of thioether (sulfide) groups is 1. The summed E-state index contributed by atoms with van der Waals surface area (Å²) in [6.45, 7) is 1.87. The fourth-order valence-electron chi connectivity index (χ4n) is 2.50. The smallest absolute Gasteiger partial charge is 0.316 e. The highest BCUT2D eigenvalue weighted by atomic mass is 35.5. The Morgan fingerprint density at radius 1 is 1.30 bits per heavy atom. The molecule has 9 heteroatoms. The molecule has 7 nitrogen and oxygen atoms in total. The Balaban J connectivity index is 2.69. The molecular formula is C18H13ClN4O3S. The monoisotopic (exact) mass is 400 g/mol. The van der Waals surface area contributed by atoms with E-state index >= 15 is 0 Å². The zero-order chi connectivity index (χ0) is 20.0. The summed E-state index contributed by atoms with van der Waals surface area (Å²) in [7, 11) is 0. The molecule has 2 N–H and O–H groups in total. The number of carbonyl (C=O) groups excluding carboxylic acids is 1. The summed E-state index contributed by atoms with van der Waals surface area (Å²) in [5, 5.41) is 28.7. The van der Waals surface area contributed by atoms with Crippen LogP contribution in [-0.2, 0) is 19.2 Å². The van der Waals surface area contributed by atoms with Gasteiger partial charge in [-0.05, 0) is 19.1 Å². The summed E-state index contributed by atoms with van der Waals surface area (Å²) in [5.74, 6) is -0.907. The molecule has 1 aliphatic rings. The number of allylic oxidation sites excluding steroid dienone is 1. The third kappa shape index (κ3) is 3.85. The number of hydrogen-bond donors (Lipinski definition) is 1. The minimum Gasteiger partial charge on any atom is -0.465 e. The van der Waals surface area contributed by atoms with Crippen molar-refractivity contribution in [2.24, 2.45) is 5.73 Å². The van der Waals surface area contributed by atoms with Gasteiger partial charge in [-0.1, -0.05) is 35.5 Å². The Bertz CT molecular complexity index is 935. The van der Waals surface area contributed by atoms with Crippen LogP contribution in [0.1, 0.15) is 12.5 Å². The number of carbonyl (C=O) groups is 1. The molecule has 0 aliphatic carbocycles. The number of ether oxygens (including phenoxy) is 2. The van der Waals surface area contributed by atoms with Crippen LogP contribution in [-0.4, -0.2) is 18.3 Å². The van der Waals surface area contributed by atoms with E-state index in [-0.39, 0.29) is 35.0 Å². The second kappa shape index (κ2) is 8.51. The van der Waals surface area contributed by atoms with E-state index in [1.54, 1.807) is 43.3 Å². The third-order valence-corrected chi connectivity index (χ3v) is 5.15. The lowest BCUT2D eigenvalue weighted by Crippen LogP contribution is -2.28. The van der Waals surface area contributed by atoms with Gasteiger partial charge in [-0.25, -0.2) is 0 Å².